The van der Waals surface area contributed by atoms with Gasteiger partial charge in [-0.05, 0) is 49.1 Å². The molecule has 2 nitrogen and oxygen atoms in total. The predicted octanol–water partition coefficient (Wildman–Crippen LogP) is 4.80. The van der Waals surface area contributed by atoms with Crippen molar-refractivity contribution < 1.29 is 0 Å². The van der Waals surface area contributed by atoms with Gasteiger partial charge in [-0.15, -0.1) is 0 Å². The lowest BCUT2D eigenvalue weighted by molar-refractivity contribution is 0.761. The number of fused-ring (bicyclic) bond motifs is 1. The molecule has 0 atom stereocenters. The Morgan fingerprint density at radius 2 is 1.95 bits per heavy atom. The summed E-state index contributed by atoms with van der Waals surface area (Å²) in [5, 5.41) is 9.15. The molecular weight excluding hydrogens is 312 g/mol. The largest absolute Gasteiger partial charge is 0.341 e. The van der Waals surface area contributed by atoms with Crippen LogP contribution in [0.25, 0.3) is 0 Å². The van der Waals surface area contributed by atoms with Crippen molar-refractivity contribution >= 4 is 27.3 Å². The van der Waals surface area contributed by atoms with Crippen molar-refractivity contribution in [2.24, 2.45) is 0 Å². The van der Waals surface area contributed by atoms with Crippen LogP contribution in [0.2, 0.25) is 0 Å². The second-order valence-electron chi connectivity index (χ2n) is 5.05. The van der Waals surface area contributed by atoms with Gasteiger partial charge in [-0.3, -0.25) is 0 Å². The van der Waals surface area contributed by atoms with E-state index in [-0.39, 0.29) is 0 Å². The Hall–Kier alpha value is -1.79. The van der Waals surface area contributed by atoms with E-state index < -0.39 is 0 Å². The van der Waals surface area contributed by atoms with Crippen molar-refractivity contribution in [3.8, 4) is 6.07 Å². The highest BCUT2D eigenvalue weighted by Gasteiger charge is 2.17. The van der Waals surface area contributed by atoms with Crippen molar-refractivity contribution in [3.05, 3.63) is 58.1 Å². The van der Waals surface area contributed by atoms with Crippen molar-refractivity contribution in [1.82, 2.24) is 0 Å². The number of hydrogen-bond acceptors (Lipinski definition) is 2. The van der Waals surface area contributed by atoms with Crippen LogP contribution >= 0.6 is 15.9 Å². The third-order valence-electron chi connectivity index (χ3n) is 3.68. The number of hydrogen-bond donors (Lipinski definition) is 0. The highest BCUT2D eigenvalue weighted by Crippen LogP contribution is 2.34. The van der Waals surface area contributed by atoms with Crippen LogP contribution < -0.4 is 4.90 Å². The molecule has 0 spiro atoms. The molecule has 0 unspecified atom stereocenters. The average molecular weight is 327 g/mol. The summed E-state index contributed by atoms with van der Waals surface area (Å²) in [6.07, 6.45) is 3.52. The van der Waals surface area contributed by atoms with Crippen LogP contribution in [-0.2, 0) is 6.42 Å². The fourth-order valence-corrected chi connectivity index (χ4v) is 3.24. The molecule has 0 aliphatic carbocycles. The van der Waals surface area contributed by atoms with E-state index in [2.05, 4.69) is 57.2 Å². The predicted molar refractivity (Wildman–Crippen MR) is 85.2 cm³/mol. The maximum atomic E-state index is 9.15. The first-order valence-electron chi connectivity index (χ1n) is 6.84. The summed E-state index contributed by atoms with van der Waals surface area (Å²) < 4.78 is 0.952. The van der Waals surface area contributed by atoms with E-state index in [4.69, 9.17) is 5.26 Å². The number of para-hydroxylation sites is 1. The molecule has 0 radical (unpaired) electrons. The molecule has 1 aliphatic rings. The van der Waals surface area contributed by atoms with Crippen LogP contribution in [0, 0.1) is 11.3 Å². The Labute approximate surface area is 127 Å². The zero-order valence-corrected chi connectivity index (χ0v) is 12.7. The second-order valence-corrected chi connectivity index (χ2v) is 5.96. The van der Waals surface area contributed by atoms with E-state index in [9.17, 15) is 0 Å². The number of rotatable bonds is 1. The third-order valence-corrected chi connectivity index (χ3v) is 4.14. The molecule has 0 aromatic heterocycles. The Balaban J connectivity index is 2.10. The summed E-state index contributed by atoms with van der Waals surface area (Å²) in [6.45, 7) is 0.998. The molecule has 1 aliphatic heterocycles. The van der Waals surface area contributed by atoms with E-state index in [0.29, 0.717) is 5.56 Å². The van der Waals surface area contributed by atoms with Crippen molar-refractivity contribution in [3.63, 3.8) is 0 Å². The lowest BCUT2D eigenvalue weighted by Gasteiger charge is -2.25. The van der Waals surface area contributed by atoms with Crippen LogP contribution in [0.15, 0.2) is 46.9 Å². The zero-order valence-electron chi connectivity index (χ0n) is 11.1. The van der Waals surface area contributed by atoms with E-state index in [1.54, 1.807) is 0 Å². The molecule has 3 rings (SSSR count). The van der Waals surface area contributed by atoms with Crippen LogP contribution in [0.3, 0.4) is 0 Å². The van der Waals surface area contributed by atoms with Gasteiger partial charge in [0.25, 0.3) is 0 Å². The number of benzene rings is 2. The molecule has 0 fully saturated rings. The minimum atomic E-state index is 0.691. The minimum Gasteiger partial charge on any atom is -0.341 e. The number of anilines is 2. The fourth-order valence-electron chi connectivity index (χ4n) is 2.75. The highest BCUT2D eigenvalue weighted by molar-refractivity contribution is 9.10. The number of halogens is 1. The topological polar surface area (TPSA) is 27.0 Å². The molecule has 2 aromatic rings. The van der Waals surface area contributed by atoms with Crippen LogP contribution in [0.4, 0.5) is 11.4 Å². The average Bonchev–Trinajstić information content (AvgIpc) is 2.69. The van der Waals surface area contributed by atoms with Gasteiger partial charge in [-0.25, -0.2) is 0 Å². The maximum Gasteiger partial charge on any atom is 0.0992 e. The first-order valence-corrected chi connectivity index (χ1v) is 7.63. The van der Waals surface area contributed by atoms with Gasteiger partial charge in [0.2, 0.25) is 0 Å². The molecule has 0 N–H and O–H groups in total. The molecule has 0 saturated heterocycles. The smallest absolute Gasteiger partial charge is 0.0992 e. The fraction of sp³-hybridized carbons (Fsp3) is 0.235. The highest BCUT2D eigenvalue weighted by atomic mass is 79.9. The van der Waals surface area contributed by atoms with E-state index in [1.165, 1.54) is 24.1 Å². The quantitative estimate of drug-likeness (QED) is 0.752. The van der Waals surface area contributed by atoms with E-state index in [1.807, 2.05) is 12.1 Å². The second kappa shape index (κ2) is 5.68. The molecule has 20 heavy (non-hydrogen) atoms. The van der Waals surface area contributed by atoms with Gasteiger partial charge in [0.05, 0.1) is 11.6 Å². The van der Waals surface area contributed by atoms with Gasteiger partial charge in [-0.2, -0.15) is 5.26 Å². The molecule has 2 aromatic carbocycles. The van der Waals surface area contributed by atoms with Gasteiger partial charge in [0.1, 0.15) is 0 Å². The van der Waals surface area contributed by atoms with Crippen molar-refractivity contribution in [2.75, 3.05) is 11.4 Å². The lowest BCUT2D eigenvalue weighted by Crippen LogP contribution is -2.18. The summed E-state index contributed by atoms with van der Waals surface area (Å²) in [5.74, 6) is 0. The minimum absolute atomic E-state index is 0.691. The van der Waals surface area contributed by atoms with Crippen molar-refractivity contribution in [2.45, 2.75) is 19.3 Å². The first kappa shape index (κ1) is 13.2. The number of aryl methyl sites for hydroxylation is 1. The SMILES string of the molecule is N#Cc1cc(Br)cc(N2CCCCc3ccccc32)c1. The lowest BCUT2D eigenvalue weighted by atomic mass is 10.1. The van der Waals surface area contributed by atoms with Crippen LogP contribution in [-0.4, -0.2) is 6.54 Å². The zero-order chi connectivity index (χ0) is 13.9. The van der Waals surface area contributed by atoms with Crippen LogP contribution in [0.1, 0.15) is 24.0 Å². The molecule has 0 bridgehead atoms. The summed E-state index contributed by atoms with van der Waals surface area (Å²) in [5.41, 5.74) is 4.44. The molecule has 1 heterocycles. The Morgan fingerprint density at radius 3 is 2.80 bits per heavy atom. The van der Waals surface area contributed by atoms with Gasteiger partial charge in [0.15, 0.2) is 0 Å². The standard InChI is InChI=1S/C17H15BrN2/c18-15-9-13(12-19)10-16(11-15)20-8-4-3-6-14-5-1-2-7-17(14)20/h1-2,5,7,9-11H,3-4,6,8H2. The van der Waals surface area contributed by atoms with Crippen molar-refractivity contribution in [1.29, 1.82) is 5.26 Å². The van der Waals surface area contributed by atoms with Gasteiger partial charge >= 0.3 is 0 Å². The molecule has 0 saturated carbocycles. The van der Waals surface area contributed by atoms with Gasteiger partial charge in [0, 0.05) is 22.4 Å². The summed E-state index contributed by atoms with van der Waals surface area (Å²) in [7, 11) is 0. The summed E-state index contributed by atoms with van der Waals surface area (Å²) in [6, 6.07) is 16.7. The number of nitrogens with zero attached hydrogens (tertiary/aromatic N) is 2. The molecule has 0 amide bonds. The van der Waals surface area contributed by atoms with Crippen LogP contribution in [0.5, 0.6) is 0 Å². The molecular formula is C17H15BrN2. The first-order chi connectivity index (χ1) is 9.78. The van der Waals surface area contributed by atoms with Gasteiger partial charge in [-0.1, -0.05) is 34.1 Å². The monoisotopic (exact) mass is 326 g/mol. The maximum absolute atomic E-state index is 9.15. The van der Waals surface area contributed by atoms with E-state index >= 15 is 0 Å². The third kappa shape index (κ3) is 2.57. The Morgan fingerprint density at radius 1 is 1.10 bits per heavy atom. The number of nitriles is 1. The molecule has 3 heteroatoms. The van der Waals surface area contributed by atoms with Gasteiger partial charge < -0.3 is 4.90 Å². The molecule has 100 valence electrons. The summed E-state index contributed by atoms with van der Waals surface area (Å²) >= 11 is 3.50. The Kier molecular flexibility index (Phi) is 3.75. The van der Waals surface area contributed by atoms with E-state index in [0.717, 1.165) is 23.1 Å². The normalized spacial score (nSPS) is 14.3. The summed E-state index contributed by atoms with van der Waals surface area (Å²) in [4.78, 5) is 2.33. The Bertz CT molecular complexity index is 673.